The molecule has 0 saturated heterocycles. The minimum atomic E-state index is 0.940. The Morgan fingerprint density at radius 3 is 3.14 bits per heavy atom. The van der Waals surface area contributed by atoms with E-state index in [1.165, 1.54) is 12.8 Å². The molecule has 2 aromatic rings. The number of aryl methyl sites for hydroxylation is 1. The van der Waals surface area contributed by atoms with Gasteiger partial charge in [0, 0.05) is 24.5 Å². The van der Waals surface area contributed by atoms with Crippen LogP contribution in [0, 0.1) is 0 Å². The molecule has 0 N–H and O–H groups in total. The van der Waals surface area contributed by atoms with Crippen LogP contribution in [0.4, 0.5) is 0 Å². The van der Waals surface area contributed by atoms with Crippen molar-refractivity contribution in [3.8, 4) is 10.8 Å². The van der Waals surface area contributed by atoms with Crippen LogP contribution in [0.15, 0.2) is 11.6 Å². The number of aromatic nitrogens is 4. The molecule has 0 aliphatic carbocycles. The number of hydrogen-bond acceptors (Lipinski definition) is 4. The van der Waals surface area contributed by atoms with Crippen molar-refractivity contribution in [3.05, 3.63) is 17.4 Å². The largest absolute Gasteiger partial charge is 0.309 e. The number of fused-ring (bicyclic) bond motifs is 1. The van der Waals surface area contributed by atoms with Crippen molar-refractivity contribution < 1.29 is 0 Å². The van der Waals surface area contributed by atoms with E-state index in [4.69, 9.17) is 0 Å². The summed E-state index contributed by atoms with van der Waals surface area (Å²) in [5, 5.41) is 11.3. The molecule has 0 radical (unpaired) electrons. The zero-order chi connectivity index (χ0) is 9.38. The van der Waals surface area contributed by atoms with Crippen molar-refractivity contribution in [2.75, 3.05) is 0 Å². The highest BCUT2D eigenvalue weighted by atomic mass is 32.1. The molecule has 3 heterocycles. The molecule has 14 heavy (non-hydrogen) atoms. The van der Waals surface area contributed by atoms with E-state index in [0.29, 0.717) is 0 Å². The Kier molecular flexibility index (Phi) is 1.83. The molecule has 72 valence electrons. The number of nitrogens with zero attached hydrogens (tertiary/aromatic N) is 4. The molecule has 0 aromatic carbocycles. The van der Waals surface area contributed by atoms with E-state index in [1.807, 2.05) is 11.6 Å². The third-order valence-corrected chi connectivity index (χ3v) is 3.25. The topological polar surface area (TPSA) is 43.6 Å². The smallest absolute Gasteiger partial charge is 0.193 e. The van der Waals surface area contributed by atoms with Gasteiger partial charge in [-0.2, -0.15) is 0 Å². The van der Waals surface area contributed by atoms with Crippen molar-refractivity contribution in [2.45, 2.75) is 25.8 Å². The molecule has 2 aromatic heterocycles. The maximum Gasteiger partial charge on any atom is 0.193 e. The van der Waals surface area contributed by atoms with Crippen LogP contribution in [-0.2, 0) is 13.0 Å². The van der Waals surface area contributed by atoms with Gasteiger partial charge in [0.25, 0.3) is 0 Å². The highest BCUT2D eigenvalue weighted by Gasteiger charge is 2.17. The van der Waals surface area contributed by atoms with Crippen molar-refractivity contribution in [2.24, 2.45) is 0 Å². The second-order valence-corrected chi connectivity index (χ2v) is 4.28. The molecule has 0 saturated carbocycles. The average molecular weight is 206 g/mol. The zero-order valence-corrected chi connectivity index (χ0v) is 8.50. The van der Waals surface area contributed by atoms with E-state index in [1.54, 1.807) is 11.3 Å². The van der Waals surface area contributed by atoms with Crippen LogP contribution in [0.1, 0.15) is 18.7 Å². The first-order chi connectivity index (χ1) is 6.95. The van der Waals surface area contributed by atoms with Gasteiger partial charge in [-0.1, -0.05) is 0 Å². The van der Waals surface area contributed by atoms with Crippen LogP contribution >= 0.6 is 11.3 Å². The summed E-state index contributed by atoms with van der Waals surface area (Å²) in [4.78, 5) is 4.26. The molecule has 3 rings (SSSR count). The quantitative estimate of drug-likeness (QED) is 0.713. The summed E-state index contributed by atoms with van der Waals surface area (Å²) in [5.41, 5.74) is 0. The predicted octanol–water partition coefficient (Wildman–Crippen LogP) is 1.74. The van der Waals surface area contributed by atoms with Gasteiger partial charge >= 0.3 is 0 Å². The molecule has 1 aliphatic rings. The molecule has 1 aliphatic heterocycles. The zero-order valence-electron chi connectivity index (χ0n) is 7.68. The van der Waals surface area contributed by atoms with Crippen molar-refractivity contribution in [1.82, 2.24) is 19.7 Å². The molecule has 0 bridgehead atoms. The van der Waals surface area contributed by atoms with Gasteiger partial charge < -0.3 is 4.57 Å². The lowest BCUT2D eigenvalue weighted by atomic mass is 10.2. The fraction of sp³-hybridized carbons (Fsp3) is 0.444. The fourth-order valence-electron chi connectivity index (χ4n) is 1.80. The number of rotatable bonds is 1. The fourth-order valence-corrected chi connectivity index (χ4v) is 2.43. The molecule has 4 nitrogen and oxygen atoms in total. The molecule has 0 spiro atoms. The van der Waals surface area contributed by atoms with Gasteiger partial charge in [0.1, 0.15) is 5.82 Å². The summed E-state index contributed by atoms with van der Waals surface area (Å²) in [6.07, 6.45) is 5.32. The summed E-state index contributed by atoms with van der Waals surface area (Å²) < 4.78 is 2.20. The van der Waals surface area contributed by atoms with Crippen LogP contribution in [0.5, 0.6) is 0 Å². The summed E-state index contributed by atoms with van der Waals surface area (Å²) in [5.74, 6) is 2.05. The lowest BCUT2D eigenvalue weighted by Crippen LogP contribution is -2.11. The maximum absolute atomic E-state index is 4.26. The van der Waals surface area contributed by atoms with Gasteiger partial charge in [0.15, 0.2) is 10.8 Å². The lowest BCUT2D eigenvalue weighted by Gasteiger charge is -2.13. The Morgan fingerprint density at radius 2 is 2.29 bits per heavy atom. The molecule has 5 heteroatoms. The summed E-state index contributed by atoms with van der Waals surface area (Å²) in [6, 6.07) is 0. The standard InChI is InChI=1S/C9H10N4S/c1-2-5-13-7(3-1)11-12-8(13)9-10-4-6-14-9/h4,6H,1-3,5H2. The highest BCUT2D eigenvalue weighted by molar-refractivity contribution is 7.13. The first-order valence-corrected chi connectivity index (χ1v) is 5.65. The van der Waals surface area contributed by atoms with E-state index < -0.39 is 0 Å². The van der Waals surface area contributed by atoms with Crippen LogP contribution < -0.4 is 0 Å². The Hall–Kier alpha value is -1.23. The summed E-state index contributed by atoms with van der Waals surface area (Å²) in [6.45, 7) is 1.04. The number of thiazole rings is 1. The van der Waals surface area contributed by atoms with E-state index in [2.05, 4.69) is 19.7 Å². The van der Waals surface area contributed by atoms with Gasteiger partial charge in [0.05, 0.1) is 0 Å². The number of hydrogen-bond donors (Lipinski definition) is 0. The SMILES string of the molecule is c1csc(-c2nnc3n2CCCC3)n1. The molecule has 0 atom stereocenters. The summed E-state index contributed by atoms with van der Waals surface area (Å²) in [7, 11) is 0. The second-order valence-electron chi connectivity index (χ2n) is 3.39. The van der Waals surface area contributed by atoms with Crippen molar-refractivity contribution >= 4 is 11.3 Å². The second kappa shape index (κ2) is 3.16. The maximum atomic E-state index is 4.26. The Labute approximate surface area is 85.6 Å². The molecule has 0 unspecified atom stereocenters. The van der Waals surface area contributed by atoms with E-state index in [-0.39, 0.29) is 0 Å². The first-order valence-electron chi connectivity index (χ1n) is 4.77. The minimum absolute atomic E-state index is 0.940. The van der Waals surface area contributed by atoms with Gasteiger partial charge in [-0.3, -0.25) is 0 Å². The van der Waals surface area contributed by atoms with Crippen LogP contribution in [0.2, 0.25) is 0 Å². The van der Waals surface area contributed by atoms with Crippen LogP contribution in [-0.4, -0.2) is 19.7 Å². The third-order valence-electron chi connectivity index (χ3n) is 2.48. The van der Waals surface area contributed by atoms with E-state index >= 15 is 0 Å². The Balaban J connectivity index is 2.11. The molecular weight excluding hydrogens is 196 g/mol. The monoisotopic (exact) mass is 206 g/mol. The van der Waals surface area contributed by atoms with Crippen molar-refractivity contribution in [3.63, 3.8) is 0 Å². The molecule has 0 fully saturated rings. The first kappa shape index (κ1) is 8.11. The normalized spacial score (nSPS) is 15.4. The minimum Gasteiger partial charge on any atom is -0.309 e. The van der Waals surface area contributed by atoms with E-state index in [9.17, 15) is 0 Å². The van der Waals surface area contributed by atoms with Gasteiger partial charge in [-0.05, 0) is 12.8 Å². The molecular formula is C9H10N4S. The van der Waals surface area contributed by atoms with Gasteiger partial charge in [0.2, 0.25) is 0 Å². The lowest BCUT2D eigenvalue weighted by molar-refractivity contribution is 0.526. The molecule has 0 amide bonds. The highest BCUT2D eigenvalue weighted by Crippen LogP contribution is 2.23. The Morgan fingerprint density at radius 1 is 1.29 bits per heavy atom. The summed E-state index contributed by atoms with van der Waals surface area (Å²) >= 11 is 1.62. The predicted molar refractivity (Wildman–Crippen MR) is 54.1 cm³/mol. The van der Waals surface area contributed by atoms with Crippen LogP contribution in [0.25, 0.3) is 10.8 Å². The Bertz CT molecular complexity index is 432. The van der Waals surface area contributed by atoms with Crippen LogP contribution in [0.3, 0.4) is 0 Å². The van der Waals surface area contributed by atoms with Gasteiger partial charge in [-0.15, -0.1) is 21.5 Å². The van der Waals surface area contributed by atoms with Gasteiger partial charge in [-0.25, -0.2) is 4.98 Å². The third kappa shape index (κ3) is 1.16. The van der Waals surface area contributed by atoms with E-state index in [0.717, 1.165) is 29.6 Å². The average Bonchev–Trinajstić information content (AvgIpc) is 2.85. The van der Waals surface area contributed by atoms with Crippen molar-refractivity contribution in [1.29, 1.82) is 0 Å².